The van der Waals surface area contributed by atoms with Crippen LogP contribution in [0.4, 0.5) is 13.2 Å². The summed E-state index contributed by atoms with van der Waals surface area (Å²) in [6, 6.07) is 9.39. The molecule has 3 aromatic rings. The van der Waals surface area contributed by atoms with E-state index in [-0.39, 0.29) is 5.39 Å². The highest BCUT2D eigenvalue weighted by molar-refractivity contribution is 9.10. The first-order valence-electron chi connectivity index (χ1n) is 5.66. The number of rotatable bonds is 1. The van der Waals surface area contributed by atoms with Crippen molar-refractivity contribution in [2.75, 3.05) is 0 Å². The zero-order chi connectivity index (χ0) is 14.3. The molecule has 0 aliphatic heterocycles. The molecule has 0 aliphatic rings. The second-order valence-corrected chi connectivity index (χ2v) is 6.05. The van der Waals surface area contributed by atoms with Crippen molar-refractivity contribution in [1.29, 1.82) is 0 Å². The number of alkyl halides is 3. The van der Waals surface area contributed by atoms with E-state index in [2.05, 4.69) is 20.9 Å². The van der Waals surface area contributed by atoms with Crippen LogP contribution >= 0.6 is 27.3 Å². The van der Waals surface area contributed by atoms with Gasteiger partial charge in [0.25, 0.3) is 0 Å². The number of benzene rings is 1. The van der Waals surface area contributed by atoms with Crippen LogP contribution in [0.5, 0.6) is 0 Å². The summed E-state index contributed by atoms with van der Waals surface area (Å²) in [5.41, 5.74) is 0.0285. The van der Waals surface area contributed by atoms with Gasteiger partial charge in [-0.3, -0.25) is 0 Å². The molecular weight excluding hydrogens is 351 g/mol. The van der Waals surface area contributed by atoms with E-state index in [1.54, 1.807) is 24.3 Å². The maximum atomic E-state index is 13.2. The molecule has 0 aliphatic carbocycles. The monoisotopic (exact) mass is 357 g/mol. The van der Waals surface area contributed by atoms with E-state index in [1.165, 1.54) is 17.4 Å². The average Bonchev–Trinajstić information content (AvgIpc) is 2.90. The van der Waals surface area contributed by atoms with E-state index in [0.29, 0.717) is 15.7 Å². The summed E-state index contributed by atoms with van der Waals surface area (Å²) in [6.45, 7) is 0. The van der Waals surface area contributed by atoms with Crippen molar-refractivity contribution in [2.24, 2.45) is 0 Å². The van der Waals surface area contributed by atoms with E-state index in [1.807, 2.05) is 5.38 Å². The molecule has 0 saturated heterocycles. The standard InChI is InChI=1S/C14H7BrF3NS/c15-8-3-4-11-9(6-8)10(14(16,17)18)7-12(19-11)13-2-1-5-20-13/h1-7H. The van der Waals surface area contributed by atoms with Gasteiger partial charge in [-0.1, -0.05) is 22.0 Å². The maximum absolute atomic E-state index is 13.2. The van der Waals surface area contributed by atoms with Gasteiger partial charge in [0.15, 0.2) is 0 Å². The van der Waals surface area contributed by atoms with Gasteiger partial charge < -0.3 is 0 Å². The Bertz CT molecular complexity index is 766. The van der Waals surface area contributed by atoms with Gasteiger partial charge in [0.05, 0.1) is 21.7 Å². The normalized spacial score (nSPS) is 12.0. The molecule has 0 amide bonds. The van der Waals surface area contributed by atoms with E-state index < -0.39 is 11.7 Å². The Labute approximate surface area is 125 Å². The summed E-state index contributed by atoms with van der Waals surface area (Å²) >= 11 is 4.57. The molecule has 0 radical (unpaired) electrons. The number of aromatic nitrogens is 1. The Kier molecular flexibility index (Phi) is 3.30. The van der Waals surface area contributed by atoms with Crippen LogP contribution in [0.3, 0.4) is 0 Å². The van der Waals surface area contributed by atoms with Gasteiger partial charge in [0, 0.05) is 9.86 Å². The molecule has 2 aromatic heterocycles. The average molecular weight is 358 g/mol. The van der Waals surface area contributed by atoms with Crippen molar-refractivity contribution in [3.05, 3.63) is 51.8 Å². The van der Waals surface area contributed by atoms with E-state index in [0.717, 1.165) is 10.9 Å². The molecule has 0 saturated carbocycles. The molecule has 0 spiro atoms. The quantitative estimate of drug-likeness (QED) is 0.540. The Morgan fingerprint density at radius 3 is 2.55 bits per heavy atom. The predicted molar refractivity (Wildman–Crippen MR) is 77.8 cm³/mol. The van der Waals surface area contributed by atoms with Crippen molar-refractivity contribution < 1.29 is 13.2 Å². The lowest BCUT2D eigenvalue weighted by atomic mass is 10.1. The second-order valence-electron chi connectivity index (χ2n) is 4.19. The number of hydrogen-bond acceptors (Lipinski definition) is 2. The third-order valence-corrected chi connectivity index (χ3v) is 4.24. The lowest BCUT2D eigenvalue weighted by Gasteiger charge is -2.12. The SMILES string of the molecule is FC(F)(F)c1cc(-c2cccs2)nc2ccc(Br)cc12. The van der Waals surface area contributed by atoms with Crippen LogP contribution in [-0.2, 0) is 6.18 Å². The van der Waals surface area contributed by atoms with Gasteiger partial charge in [-0.2, -0.15) is 13.2 Å². The molecule has 2 heterocycles. The van der Waals surface area contributed by atoms with Crippen LogP contribution in [0.1, 0.15) is 5.56 Å². The van der Waals surface area contributed by atoms with Gasteiger partial charge >= 0.3 is 6.18 Å². The number of halogens is 4. The molecule has 0 unspecified atom stereocenters. The summed E-state index contributed by atoms with van der Waals surface area (Å²) in [6.07, 6.45) is -4.41. The first-order chi connectivity index (χ1) is 9.45. The van der Waals surface area contributed by atoms with Crippen LogP contribution in [0.2, 0.25) is 0 Å². The largest absolute Gasteiger partial charge is 0.417 e. The fourth-order valence-electron chi connectivity index (χ4n) is 1.98. The van der Waals surface area contributed by atoms with Crippen LogP contribution < -0.4 is 0 Å². The third kappa shape index (κ3) is 2.45. The number of nitrogens with zero attached hydrogens (tertiary/aromatic N) is 1. The summed E-state index contributed by atoms with van der Waals surface area (Å²) in [5.74, 6) is 0. The Balaban J connectivity index is 2.34. The molecule has 0 atom stereocenters. The maximum Gasteiger partial charge on any atom is 0.417 e. The summed E-state index contributed by atoms with van der Waals surface area (Å²) in [4.78, 5) is 5.05. The minimum atomic E-state index is -4.41. The zero-order valence-electron chi connectivity index (χ0n) is 9.91. The van der Waals surface area contributed by atoms with Gasteiger partial charge in [0.2, 0.25) is 0 Å². The molecule has 3 rings (SSSR count). The summed E-state index contributed by atoms with van der Waals surface area (Å²) < 4.78 is 40.3. The first-order valence-corrected chi connectivity index (χ1v) is 7.34. The van der Waals surface area contributed by atoms with Crippen molar-refractivity contribution >= 4 is 38.2 Å². The highest BCUT2D eigenvalue weighted by Crippen LogP contribution is 2.38. The number of thiophene rings is 1. The smallest absolute Gasteiger partial charge is 0.247 e. The van der Waals surface area contributed by atoms with Crippen molar-refractivity contribution in [1.82, 2.24) is 4.98 Å². The van der Waals surface area contributed by atoms with Gasteiger partial charge in [-0.05, 0) is 35.7 Å². The van der Waals surface area contributed by atoms with Crippen LogP contribution in [0.25, 0.3) is 21.5 Å². The van der Waals surface area contributed by atoms with Crippen LogP contribution in [0.15, 0.2) is 46.3 Å². The van der Waals surface area contributed by atoms with Crippen LogP contribution in [-0.4, -0.2) is 4.98 Å². The topological polar surface area (TPSA) is 12.9 Å². The van der Waals surface area contributed by atoms with E-state index >= 15 is 0 Å². The third-order valence-electron chi connectivity index (χ3n) is 2.85. The lowest BCUT2D eigenvalue weighted by molar-refractivity contribution is -0.136. The number of fused-ring (bicyclic) bond motifs is 1. The first kappa shape index (κ1) is 13.6. The second kappa shape index (κ2) is 4.86. The van der Waals surface area contributed by atoms with Gasteiger partial charge in [0.1, 0.15) is 0 Å². The van der Waals surface area contributed by atoms with E-state index in [9.17, 15) is 13.2 Å². The summed E-state index contributed by atoms with van der Waals surface area (Å²) in [7, 11) is 0. The van der Waals surface area contributed by atoms with Gasteiger partial charge in [-0.25, -0.2) is 4.98 Å². The highest BCUT2D eigenvalue weighted by Gasteiger charge is 2.33. The molecule has 6 heteroatoms. The fraction of sp³-hybridized carbons (Fsp3) is 0.0714. The van der Waals surface area contributed by atoms with Crippen molar-refractivity contribution in [3.8, 4) is 10.6 Å². The Morgan fingerprint density at radius 2 is 1.90 bits per heavy atom. The van der Waals surface area contributed by atoms with Crippen LogP contribution in [0, 0.1) is 0 Å². The zero-order valence-corrected chi connectivity index (χ0v) is 12.3. The minimum Gasteiger partial charge on any atom is -0.247 e. The molecule has 20 heavy (non-hydrogen) atoms. The number of hydrogen-bond donors (Lipinski definition) is 0. The van der Waals surface area contributed by atoms with Crippen molar-refractivity contribution in [2.45, 2.75) is 6.18 Å². The molecule has 0 bridgehead atoms. The Morgan fingerprint density at radius 1 is 1.10 bits per heavy atom. The molecular formula is C14H7BrF3NS. The molecule has 0 fully saturated rings. The summed E-state index contributed by atoms with van der Waals surface area (Å²) in [5, 5.41) is 1.92. The van der Waals surface area contributed by atoms with Crippen molar-refractivity contribution in [3.63, 3.8) is 0 Å². The molecule has 102 valence electrons. The lowest BCUT2D eigenvalue weighted by Crippen LogP contribution is -2.07. The highest BCUT2D eigenvalue weighted by atomic mass is 79.9. The predicted octanol–water partition coefficient (Wildman–Crippen LogP) is 5.74. The van der Waals surface area contributed by atoms with Gasteiger partial charge in [-0.15, -0.1) is 11.3 Å². The Hall–Kier alpha value is -1.40. The molecule has 0 N–H and O–H groups in total. The minimum absolute atomic E-state index is 0.104. The number of pyridine rings is 1. The van der Waals surface area contributed by atoms with E-state index in [4.69, 9.17) is 0 Å². The molecule has 1 aromatic carbocycles. The molecule has 1 nitrogen and oxygen atoms in total. The fourth-order valence-corrected chi connectivity index (χ4v) is 3.03.